The molecular weight excluding hydrogens is 356 g/mol. The van der Waals surface area contributed by atoms with Crippen LogP contribution in [0.3, 0.4) is 0 Å². The lowest BCUT2D eigenvalue weighted by Gasteiger charge is -2.14. The van der Waals surface area contributed by atoms with Crippen molar-refractivity contribution in [3.05, 3.63) is 65.2 Å². The van der Waals surface area contributed by atoms with Crippen LogP contribution < -0.4 is 5.32 Å². The number of nitrogens with one attached hydrogen (secondary N) is 1. The third kappa shape index (κ3) is 5.99. The van der Waals surface area contributed by atoms with Gasteiger partial charge in [-0.25, -0.2) is 8.78 Å². The zero-order valence-corrected chi connectivity index (χ0v) is 14.9. The molecule has 0 aliphatic heterocycles. The number of amides is 1. The van der Waals surface area contributed by atoms with Crippen molar-refractivity contribution in [3.63, 3.8) is 0 Å². The van der Waals surface area contributed by atoms with E-state index < -0.39 is 29.6 Å². The van der Waals surface area contributed by atoms with Crippen LogP contribution in [0.1, 0.15) is 35.7 Å². The maximum Gasteiger partial charge on any atom is 0.307 e. The van der Waals surface area contributed by atoms with Crippen molar-refractivity contribution < 1.29 is 27.9 Å². The van der Waals surface area contributed by atoms with Gasteiger partial charge in [-0.2, -0.15) is 0 Å². The van der Waals surface area contributed by atoms with Crippen molar-refractivity contribution in [2.75, 3.05) is 5.32 Å². The zero-order chi connectivity index (χ0) is 20.0. The molecule has 27 heavy (non-hydrogen) atoms. The Kier molecular flexibility index (Phi) is 6.76. The maximum absolute atomic E-state index is 13.5. The van der Waals surface area contributed by atoms with E-state index in [0.717, 1.165) is 23.8 Å². The molecule has 1 N–H and O–H groups in total. The summed E-state index contributed by atoms with van der Waals surface area (Å²) in [6.45, 7) is 3.19. The maximum atomic E-state index is 13.5. The molecule has 2 aromatic rings. The molecule has 0 radical (unpaired) electrons. The highest BCUT2D eigenvalue weighted by Gasteiger charge is 2.20. The number of anilines is 1. The molecular formula is C20H19F2NO4. The second kappa shape index (κ2) is 9.02. The molecule has 0 fully saturated rings. The van der Waals surface area contributed by atoms with Crippen LogP contribution in [-0.4, -0.2) is 23.8 Å². The van der Waals surface area contributed by atoms with Gasteiger partial charge in [0.15, 0.2) is 11.9 Å². The molecule has 1 amide bonds. The SMILES string of the molecule is Cc1ccc(C(=O)CCC(=O)O[C@H](C)C(=O)Nc2cc(F)ccc2F)cc1. The Morgan fingerprint density at radius 3 is 2.37 bits per heavy atom. The largest absolute Gasteiger partial charge is 0.453 e. The van der Waals surface area contributed by atoms with E-state index in [0.29, 0.717) is 5.56 Å². The Bertz CT molecular complexity index is 850. The minimum Gasteiger partial charge on any atom is -0.453 e. The number of ether oxygens (including phenoxy) is 1. The van der Waals surface area contributed by atoms with Crippen molar-refractivity contribution in [2.24, 2.45) is 0 Å². The Morgan fingerprint density at radius 1 is 1.04 bits per heavy atom. The Hall–Kier alpha value is -3.09. The molecule has 0 aromatic heterocycles. The van der Waals surface area contributed by atoms with E-state index in [1.807, 2.05) is 6.92 Å². The first-order valence-electron chi connectivity index (χ1n) is 8.31. The van der Waals surface area contributed by atoms with Gasteiger partial charge in [-0.15, -0.1) is 0 Å². The average Bonchev–Trinajstić information content (AvgIpc) is 2.63. The average molecular weight is 375 g/mol. The molecule has 7 heteroatoms. The summed E-state index contributed by atoms with van der Waals surface area (Å²) in [6, 6.07) is 9.55. The summed E-state index contributed by atoms with van der Waals surface area (Å²) in [5, 5.41) is 2.15. The number of benzene rings is 2. The normalized spacial score (nSPS) is 11.6. The van der Waals surface area contributed by atoms with Gasteiger partial charge in [0.25, 0.3) is 5.91 Å². The second-order valence-electron chi connectivity index (χ2n) is 6.03. The van der Waals surface area contributed by atoms with Gasteiger partial charge in [-0.05, 0) is 26.0 Å². The van der Waals surface area contributed by atoms with Gasteiger partial charge in [0.05, 0.1) is 12.1 Å². The van der Waals surface area contributed by atoms with Crippen LogP contribution in [-0.2, 0) is 14.3 Å². The molecule has 0 aliphatic rings. The summed E-state index contributed by atoms with van der Waals surface area (Å²) < 4.78 is 31.6. The molecule has 0 spiro atoms. The van der Waals surface area contributed by atoms with Gasteiger partial charge < -0.3 is 10.1 Å². The van der Waals surface area contributed by atoms with Gasteiger partial charge >= 0.3 is 5.97 Å². The van der Waals surface area contributed by atoms with E-state index >= 15 is 0 Å². The van der Waals surface area contributed by atoms with Gasteiger partial charge in [0.2, 0.25) is 0 Å². The van der Waals surface area contributed by atoms with Gasteiger partial charge in [0.1, 0.15) is 11.6 Å². The number of aryl methyl sites for hydroxylation is 1. The number of carbonyl (C=O) groups excluding carboxylic acids is 3. The van der Waals surface area contributed by atoms with Gasteiger partial charge in [-0.1, -0.05) is 29.8 Å². The van der Waals surface area contributed by atoms with Crippen LogP contribution in [0.5, 0.6) is 0 Å². The fourth-order valence-corrected chi connectivity index (χ4v) is 2.24. The zero-order valence-electron chi connectivity index (χ0n) is 14.9. The van der Waals surface area contributed by atoms with E-state index in [-0.39, 0.29) is 24.3 Å². The van der Waals surface area contributed by atoms with Gasteiger partial charge in [-0.3, -0.25) is 14.4 Å². The lowest BCUT2D eigenvalue weighted by atomic mass is 10.1. The number of hydrogen-bond acceptors (Lipinski definition) is 4. The number of Topliss-reactive ketones (excluding diaryl/α,β-unsaturated/α-hetero) is 1. The Morgan fingerprint density at radius 2 is 1.70 bits per heavy atom. The summed E-state index contributed by atoms with van der Waals surface area (Å²) >= 11 is 0. The van der Waals surface area contributed by atoms with E-state index in [9.17, 15) is 23.2 Å². The highest BCUT2D eigenvalue weighted by molar-refractivity contribution is 5.98. The van der Waals surface area contributed by atoms with Crippen molar-refractivity contribution in [3.8, 4) is 0 Å². The molecule has 0 saturated carbocycles. The minimum absolute atomic E-state index is 0.0608. The first kappa shape index (κ1) is 20.2. The molecule has 142 valence electrons. The van der Waals surface area contributed by atoms with Crippen molar-refractivity contribution in [1.82, 2.24) is 0 Å². The van der Waals surface area contributed by atoms with E-state index in [1.54, 1.807) is 24.3 Å². The van der Waals surface area contributed by atoms with Crippen molar-refractivity contribution >= 4 is 23.3 Å². The predicted molar refractivity (Wildman–Crippen MR) is 95.3 cm³/mol. The Balaban J connectivity index is 1.83. The summed E-state index contributed by atoms with van der Waals surface area (Å²) in [7, 11) is 0. The third-order valence-corrected chi connectivity index (χ3v) is 3.79. The number of carbonyl (C=O) groups is 3. The van der Waals surface area contributed by atoms with Gasteiger partial charge in [0, 0.05) is 18.1 Å². The molecule has 2 rings (SSSR count). The highest BCUT2D eigenvalue weighted by Crippen LogP contribution is 2.16. The highest BCUT2D eigenvalue weighted by atomic mass is 19.1. The number of hydrogen-bond donors (Lipinski definition) is 1. The summed E-state index contributed by atoms with van der Waals surface area (Å²) in [6.07, 6.45) is -1.48. The first-order valence-corrected chi connectivity index (χ1v) is 8.31. The topological polar surface area (TPSA) is 72.5 Å². The van der Waals surface area contributed by atoms with E-state index in [1.165, 1.54) is 6.92 Å². The summed E-state index contributed by atoms with van der Waals surface area (Å²) in [5.41, 5.74) is 1.15. The molecule has 0 aliphatic carbocycles. The number of halogens is 2. The van der Waals surface area contributed by atoms with Crippen LogP contribution >= 0.6 is 0 Å². The number of rotatable bonds is 7. The van der Waals surface area contributed by atoms with E-state index in [4.69, 9.17) is 4.74 Å². The van der Waals surface area contributed by atoms with Crippen LogP contribution in [0, 0.1) is 18.6 Å². The molecule has 0 unspecified atom stereocenters. The Labute approximate surface area is 155 Å². The molecule has 0 heterocycles. The number of ketones is 1. The smallest absolute Gasteiger partial charge is 0.307 e. The fourth-order valence-electron chi connectivity index (χ4n) is 2.24. The molecule has 1 atom stereocenters. The molecule has 2 aromatic carbocycles. The van der Waals surface area contributed by atoms with Crippen LogP contribution in [0.4, 0.5) is 14.5 Å². The van der Waals surface area contributed by atoms with Crippen molar-refractivity contribution in [1.29, 1.82) is 0 Å². The lowest BCUT2D eigenvalue weighted by molar-refractivity contribution is -0.153. The first-order chi connectivity index (χ1) is 12.8. The monoisotopic (exact) mass is 375 g/mol. The van der Waals surface area contributed by atoms with Crippen LogP contribution in [0.25, 0.3) is 0 Å². The summed E-state index contributed by atoms with van der Waals surface area (Å²) in [5.74, 6) is -3.29. The van der Waals surface area contributed by atoms with E-state index in [2.05, 4.69) is 5.32 Å². The minimum atomic E-state index is -1.23. The number of esters is 1. The standard InChI is InChI=1S/C20H19F2NO4/c1-12-3-5-14(6-4-12)18(24)9-10-19(25)27-13(2)20(26)23-17-11-15(21)7-8-16(17)22/h3-8,11,13H,9-10H2,1-2H3,(H,23,26)/t13-/m1/s1. The molecule has 5 nitrogen and oxygen atoms in total. The quantitative estimate of drug-likeness (QED) is 0.590. The molecule has 0 bridgehead atoms. The predicted octanol–water partition coefficient (Wildman–Crippen LogP) is 3.81. The second-order valence-corrected chi connectivity index (χ2v) is 6.03. The fraction of sp³-hybridized carbons (Fsp3) is 0.250. The van der Waals surface area contributed by atoms with Crippen LogP contribution in [0.2, 0.25) is 0 Å². The van der Waals surface area contributed by atoms with Crippen molar-refractivity contribution in [2.45, 2.75) is 32.8 Å². The summed E-state index contributed by atoms with van der Waals surface area (Å²) in [4.78, 5) is 35.8. The molecule has 0 saturated heterocycles. The van der Waals surface area contributed by atoms with Crippen LogP contribution in [0.15, 0.2) is 42.5 Å². The lowest BCUT2D eigenvalue weighted by Crippen LogP contribution is -2.30. The third-order valence-electron chi connectivity index (χ3n) is 3.79.